The van der Waals surface area contributed by atoms with Crippen molar-refractivity contribution in [1.29, 1.82) is 0 Å². The first-order valence-electron chi connectivity index (χ1n) is 11.9. The van der Waals surface area contributed by atoms with Crippen molar-refractivity contribution < 1.29 is 63.7 Å². The molecular weight excluding hydrogens is 549 g/mol. The monoisotopic (exact) mass is 581 g/mol. The Morgan fingerprint density at radius 2 is 1.74 bits per heavy atom. The SMILES string of the molecule is C[C@@H](C[C@@H]1O[C@H]([C@H](O)CO)[C@@H](O)[C@H](O)[C@@H]1O)OP(=O)(O)OC[C@H]1O[C@@H](n2cnc3c(N)ncnc32)[C@H](O)[C@@H]1O. The molecule has 0 aliphatic carbocycles. The third-order valence-corrected chi connectivity index (χ3v) is 7.69. The second-order valence-corrected chi connectivity index (χ2v) is 10.8. The average Bonchev–Trinajstić information content (AvgIpc) is 3.44. The van der Waals surface area contributed by atoms with E-state index in [1.165, 1.54) is 24.1 Å². The first kappa shape index (κ1) is 30.1. The maximum Gasteiger partial charge on any atom is 0.472 e. The molecule has 0 spiro atoms. The molecule has 2 aromatic rings. The molecule has 10 N–H and O–H groups in total. The van der Waals surface area contributed by atoms with Crippen LogP contribution in [0.15, 0.2) is 12.7 Å². The largest absolute Gasteiger partial charge is 0.472 e. The fourth-order valence-electron chi connectivity index (χ4n) is 4.54. The smallest absolute Gasteiger partial charge is 0.394 e. The second kappa shape index (κ2) is 11.9. The molecule has 0 amide bonds. The molecule has 4 heterocycles. The number of nitrogen functional groups attached to an aromatic ring is 1. The predicted octanol–water partition coefficient (Wildman–Crippen LogP) is -3.86. The maximum atomic E-state index is 12.5. The Morgan fingerprint density at radius 1 is 1.05 bits per heavy atom. The predicted molar refractivity (Wildman–Crippen MR) is 126 cm³/mol. The van der Waals surface area contributed by atoms with Crippen LogP contribution < -0.4 is 5.73 Å². The summed E-state index contributed by atoms with van der Waals surface area (Å²) in [7, 11) is -4.80. The zero-order chi connectivity index (χ0) is 28.6. The van der Waals surface area contributed by atoms with Crippen molar-refractivity contribution >= 4 is 24.8 Å². The van der Waals surface area contributed by atoms with Crippen LogP contribution >= 0.6 is 7.82 Å². The van der Waals surface area contributed by atoms with Crippen molar-refractivity contribution in [1.82, 2.24) is 19.5 Å². The van der Waals surface area contributed by atoms with E-state index in [4.69, 9.17) is 29.4 Å². The van der Waals surface area contributed by atoms with E-state index in [1.54, 1.807) is 0 Å². The van der Waals surface area contributed by atoms with Crippen molar-refractivity contribution in [3.05, 3.63) is 12.7 Å². The molecule has 0 aromatic carbocycles. The quantitative estimate of drug-likeness (QED) is 0.121. The highest BCUT2D eigenvalue weighted by molar-refractivity contribution is 7.47. The molecular formula is C20H32N5O13P. The van der Waals surface area contributed by atoms with E-state index >= 15 is 0 Å². The Labute approximate surface area is 220 Å². The summed E-state index contributed by atoms with van der Waals surface area (Å²) in [5.41, 5.74) is 6.23. The number of hydrogen-bond donors (Lipinski definition) is 9. The van der Waals surface area contributed by atoms with Crippen LogP contribution in [-0.4, -0.2) is 134 Å². The second-order valence-electron chi connectivity index (χ2n) is 9.41. The van der Waals surface area contributed by atoms with Crippen LogP contribution in [0.2, 0.25) is 0 Å². The number of hydrogen-bond acceptors (Lipinski definition) is 16. The lowest BCUT2D eigenvalue weighted by Crippen LogP contribution is -2.61. The van der Waals surface area contributed by atoms with Gasteiger partial charge in [-0.3, -0.25) is 13.6 Å². The topological polar surface area (TPSA) is 285 Å². The Kier molecular flexibility index (Phi) is 9.18. The fourth-order valence-corrected chi connectivity index (χ4v) is 5.48. The van der Waals surface area contributed by atoms with E-state index in [0.717, 1.165) is 0 Å². The number of phosphoric acid groups is 1. The van der Waals surface area contributed by atoms with E-state index < -0.39 is 88.3 Å². The van der Waals surface area contributed by atoms with Gasteiger partial charge in [-0.1, -0.05) is 0 Å². The number of anilines is 1. The summed E-state index contributed by atoms with van der Waals surface area (Å²) in [5, 5.41) is 70.2. The molecule has 2 aliphatic heterocycles. The summed E-state index contributed by atoms with van der Waals surface area (Å²) in [6.45, 7) is -0.112. The number of nitrogens with zero attached hydrogens (tertiary/aromatic N) is 4. The van der Waals surface area contributed by atoms with Crippen molar-refractivity contribution in [3.8, 4) is 0 Å². The van der Waals surface area contributed by atoms with Gasteiger partial charge in [0.25, 0.3) is 0 Å². The van der Waals surface area contributed by atoms with Gasteiger partial charge in [0.2, 0.25) is 0 Å². The Balaban J connectivity index is 1.34. The lowest BCUT2D eigenvalue weighted by atomic mass is 9.90. The Bertz CT molecular complexity index is 1170. The molecule has 2 aliphatic rings. The van der Waals surface area contributed by atoms with Gasteiger partial charge in [0, 0.05) is 6.42 Å². The molecule has 2 aromatic heterocycles. The molecule has 18 nitrogen and oxygen atoms in total. The van der Waals surface area contributed by atoms with Crippen LogP contribution in [0, 0.1) is 0 Å². The number of fused-ring (bicyclic) bond motifs is 1. The third kappa shape index (κ3) is 6.23. The summed E-state index contributed by atoms with van der Waals surface area (Å²) in [5.74, 6) is 0.0936. The van der Waals surface area contributed by atoms with Gasteiger partial charge in [-0.05, 0) is 6.92 Å². The summed E-state index contributed by atoms with van der Waals surface area (Å²) in [6.07, 6.45) is -13.7. The number of aromatic nitrogens is 4. The maximum absolute atomic E-state index is 12.5. The molecule has 2 fully saturated rings. The first-order valence-corrected chi connectivity index (χ1v) is 13.4. The fraction of sp³-hybridized carbons (Fsp3) is 0.750. The highest BCUT2D eigenvalue weighted by atomic mass is 31.2. The molecule has 2 saturated heterocycles. The number of ether oxygens (including phenoxy) is 2. The van der Waals surface area contributed by atoms with Crippen molar-refractivity contribution in [2.24, 2.45) is 0 Å². The number of aliphatic hydroxyl groups excluding tert-OH is 7. The van der Waals surface area contributed by atoms with Gasteiger partial charge in [-0.25, -0.2) is 19.5 Å². The van der Waals surface area contributed by atoms with Crippen molar-refractivity contribution in [3.63, 3.8) is 0 Å². The molecule has 19 heteroatoms. The first-order chi connectivity index (χ1) is 18.3. The zero-order valence-electron chi connectivity index (χ0n) is 20.6. The average molecular weight is 581 g/mol. The molecule has 12 atom stereocenters. The van der Waals surface area contributed by atoms with E-state index in [1.807, 2.05) is 0 Å². The summed E-state index contributed by atoms with van der Waals surface area (Å²) in [4.78, 5) is 22.1. The normalized spacial score (nSPS) is 36.6. The standard InChI is InChI=1S/C20H32N5O13P/c1-7(2-9-12(28)14(30)15(31)17(36-9)8(27)3-26)38-39(33,34)35-4-10-13(29)16(32)20(37-10)25-6-24-11-18(21)22-5-23-19(11)25/h5-10,12-17,20,26-32H,2-4H2,1H3,(H,33,34)(H2,21,22,23)/t7-,8+,9-,10+,12+,13+,14+,15-,16+,17+,20+/m0/s1. The Hall–Kier alpha value is -1.90. The third-order valence-electron chi connectivity index (χ3n) is 6.59. The van der Waals surface area contributed by atoms with Crippen LogP contribution in [0.4, 0.5) is 5.82 Å². The van der Waals surface area contributed by atoms with Crippen LogP contribution in [0.1, 0.15) is 19.6 Å². The van der Waals surface area contributed by atoms with Crippen LogP contribution in [0.25, 0.3) is 11.2 Å². The molecule has 1 unspecified atom stereocenters. The minimum atomic E-state index is -4.80. The number of nitrogens with two attached hydrogens (primary N) is 1. The zero-order valence-corrected chi connectivity index (χ0v) is 21.5. The molecule has 0 bridgehead atoms. The number of imidazole rings is 1. The van der Waals surface area contributed by atoms with Crippen molar-refractivity contribution in [2.45, 2.75) is 80.6 Å². The molecule has 220 valence electrons. The molecule has 0 radical (unpaired) electrons. The number of phosphoric ester groups is 1. The van der Waals surface area contributed by atoms with Crippen LogP contribution in [0.5, 0.6) is 0 Å². The van der Waals surface area contributed by atoms with E-state index in [2.05, 4.69) is 15.0 Å². The van der Waals surface area contributed by atoms with E-state index in [-0.39, 0.29) is 23.4 Å². The van der Waals surface area contributed by atoms with Gasteiger partial charge < -0.3 is 55.8 Å². The summed E-state index contributed by atoms with van der Waals surface area (Å²) >= 11 is 0. The summed E-state index contributed by atoms with van der Waals surface area (Å²) < 4.78 is 34.9. The highest BCUT2D eigenvalue weighted by Crippen LogP contribution is 2.46. The van der Waals surface area contributed by atoms with Gasteiger partial charge in [0.05, 0.1) is 31.7 Å². The Morgan fingerprint density at radius 3 is 2.44 bits per heavy atom. The molecule has 4 rings (SSSR count). The van der Waals surface area contributed by atoms with Crippen molar-refractivity contribution in [2.75, 3.05) is 18.9 Å². The van der Waals surface area contributed by atoms with Gasteiger partial charge in [-0.15, -0.1) is 0 Å². The van der Waals surface area contributed by atoms with Crippen LogP contribution in [0.3, 0.4) is 0 Å². The molecule has 39 heavy (non-hydrogen) atoms. The van der Waals surface area contributed by atoms with E-state index in [9.17, 15) is 40.1 Å². The minimum absolute atomic E-state index is 0.0936. The lowest BCUT2D eigenvalue weighted by molar-refractivity contribution is -0.249. The number of rotatable bonds is 10. The van der Waals surface area contributed by atoms with Gasteiger partial charge in [0.1, 0.15) is 60.7 Å². The lowest BCUT2D eigenvalue weighted by Gasteiger charge is -2.42. The van der Waals surface area contributed by atoms with Gasteiger partial charge in [-0.2, -0.15) is 0 Å². The number of aliphatic hydroxyl groups is 7. The summed E-state index contributed by atoms with van der Waals surface area (Å²) in [6, 6.07) is 0. The minimum Gasteiger partial charge on any atom is -0.394 e. The van der Waals surface area contributed by atoms with E-state index in [0.29, 0.717) is 0 Å². The van der Waals surface area contributed by atoms with Crippen LogP contribution in [-0.2, 0) is 23.1 Å². The van der Waals surface area contributed by atoms with Gasteiger partial charge >= 0.3 is 7.82 Å². The van der Waals surface area contributed by atoms with Gasteiger partial charge in [0.15, 0.2) is 17.7 Å². The molecule has 0 saturated carbocycles. The highest BCUT2D eigenvalue weighted by Gasteiger charge is 2.48.